The summed E-state index contributed by atoms with van der Waals surface area (Å²) in [6.07, 6.45) is 1.83. The Morgan fingerprint density at radius 2 is 2.23 bits per heavy atom. The van der Waals surface area contributed by atoms with E-state index in [4.69, 9.17) is 9.15 Å². The molecule has 0 saturated heterocycles. The lowest BCUT2D eigenvalue weighted by molar-refractivity contribution is 0.0481. The normalized spacial score (nSPS) is 13.5. The number of esters is 1. The molecule has 2 aromatic rings. The molecule has 3 heterocycles. The average Bonchev–Trinajstić information content (AvgIpc) is 3.13. The number of nitrogens with zero attached hydrogens (tertiary/aromatic N) is 5. The van der Waals surface area contributed by atoms with E-state index in [1.165, 1.54) is 0 Å². The van der Waals surface area contributed by atoms with E-state index in [1.54, 1.807) is 6.92 Å². The highest BCUT2D eigenvalue weighted by atomic mass is 16.5. The summed E-state index contributed by atoms with van der Waals surface area (Å²) in [7, 11) is 0. The fourth-order valence-corrected chi connectivity index (χ4v) is 2.20. The van der Waals surface area contributed by atoms with Gasteiger partial charge in [-0.25, -0.2) is 14.8 Å². The summed E-state index contributed by atoms with van der Waals surface area (Å²) in [5, 5.41) is 7.62. The standard InChI is InChI=1S/C14H17N5O3/c1-4-21-13(20)12-17-18-14(22-12)19-6-9-5-15-11(8(2)3)16-10(9)7-19/h5,8H,4,6-7H2,1-3H3. The number of hydrogen-bond acceptors (Lipinski definition) is 8. The molecule has 1 aliphatic heterocycles. The summed E-state index contributed by atoms with van der Waals surface area (Å²) in [6.45, 7) is 7.23. The fraction of sp³-hybridized carbons (Fsp3) is 0.500. The predicted octanol–water partition coefficient (Wildman–Crippen LogP) is 1.68. The van der Waals surface area contributed by atoms with E-state index in [2.05, 4.69) is 34.0 Å². The summed E-state index contributed by atoms with van der Waals surface area (Å²) >= 11 is 0. The predicted molar refractivity (Wildman–Crippen MR) is 76.3 cm³/mol. The minimum absolute atomic E-state index is 0.137. The van der Waals surface area contributed by atoms with Crippen molar-refractivity contribution in [2.24, 2.45) is 0 Å². The zero-order chi connectivity index (χ0) is 15.7. The van der Waals surface area contributed by atoms with Crippen LogP contribution in [0.15, 0.2) is 10.6 Å². The third-order valence-electron chi connectivity index (χ3n) is 3.33. The molecule has 0 amide bonds. The molecule has 2 aromatic heterocycles. The molecular weight excluding hydrogens is 286 g/mol. The zero-order valence-corrected chi connectivity index (χ0v) is 12.7. The molecule has 0 aromatic carbocycles. The van der Waals surface area contributed by atoms with Crippen LogP contribution in [0.4, 0.5) is 6.01 Å². The summed E-state index contributed by atoms with van der Waals surface area (Å²) in [6, 6.07) is 0.284. The Morgan fingerprint density at radius 1 is 1.41 bits per heavy atom. The minimum Gasteiger partial charge on any atom is -0.459 e. The van der Waals surface area contributed by atoms with Gasteiger partial charge < -0.3 is 14.1 Å². The number of fused-ring (bicyclic) bond motifs is 1. The van der Waals surface area contributed by atoms with Crippen LogP contribution in [0, 0.1) is 0 Å². The number of hydrogen-bond donors (Lipinski definition) is 0. The van der Waals surface area contributed by atoms with Gasteiger partial charge in [-0.3, -0.25) is 0 Å². The molecule has 3 rings (SSSR count). The van der Waals surface area contributed by atoms with Gasteiger partial charge >= 0.3 is 17.9 Å². The average molecular weight is 303 g/mol. The van der Waals surface area contributed by atoms with E-state index >= 15 is 0 Å². The Labute approximate surface area is 127 Å². The molecule has 8 nitrogen and oxygen atoms in total. The van der Waals surface area contributed by atoms with Crippen LogP contribution in [-0.4, -0.2) is 32.7 Å². The third kappa shape index (κ3) is 2.63. The summed E-state index contributed by atoms with van der Waals surface area (Å²) in [5.74, 6) is 0.345. The molecule has 1 aliphatic rings. The molecule has 22 heavy (non-hydrogen) atoms. The lowest BCUT2D eigenvalue weighted by atomic mass is 10.2. The topological polar surface area (TPSA) is 94.2 Å². The van der Waals surface area contributed by atoms with Gasteiger partial charge in [-0.1, -0.05) is 24.0 Å². The van der Waals surface area contributed by atoms with E-state index in [0.717, 1.165) is 17.1 Å². The van der Waals surface area contributed by atoms with Gasteiger partial charge in [-0.15, -0.1) is 0 Å². The highest BCUT2D eigenvalue weighted by Crippen LogP contribution is 2.26. The first kappa shape index (κ1) is 14.4. The first-order valence-corrected chi connectivity index (χ1v) is 7.18. The van der Waals surface area contributed by atoms with Crippen LogP contribution in [0.1, 0.15) is 54.5 Å². The van der Waals surface area contributed by atoms with E-state index in [-0.39, 0.29) is 24.4 Å². The molecule has 0 unspecified atom stereocenters. The van der Waals surface area contributed by atoms with Crippen molar-refractivity contribution in [1.82, 2.24) is 20.2 Å². The number of carbonyl (C=O) groups is 1. The quantitative estimate of drug-likeness (QED) is 0.787. The molecule has 0 N–H and O–H groups in total. The number of anilines is 1. The van der Waals surface area contributed by atoms with Crippen molar-refractivity contribution in [2.75, 3.05) is 11.5 Å². The van der Waals surface area contributed by atoms with Crippen molar-refractivity contribution < 1.29 is 13.9 Å². The fourth-order valence-electron chi connectivity index (χ4n) is 2.20. The van der Waals surface area contributed by atoms with Gasteiger partial charge in [-0.05, 0) is 6.92 Å². The van der Waals surface area contributed by atoms with Gasteiger partial charge in [0.15, 0.2) is 0 Å². The summed E-state index contributed by atoms with van der Waals surface area (Å²) in [4.78, 5) is 22.3. The SMILES string of the molecule is CCOC(=O)c1nnc(N2Cc3cnc(C(C)C)nc3C2)o1. The number of ether oxygens (including phenoxy) is 1. The maximum Gasteiger partial charge on any atom is 0.396 e. The highest BCUT2D eigenvalue weighted by molar-refractivity contribution is 5.84. The molecule has 0 radical (unpaired) electrons. The van der Waals surface area contributed by atoms with Gasteiger partial charge in [0, 0.05) is 17.7 Å². The van der Waals surface area contributed by atoms with E-state index in [1.807, 2.05) is 11.1 Å². The van der Waals surface area contributed by atoms with Crippen molar-refractivity contribution in [3.8, 4) is 0 Å². The Bertz CT molecular complexity index is 698. The van der Waals surface area contributed by atoms with Crippen molar-refractivity contribution in [3.05, 3.63) is 29.2 Å². The Balaban J connectivity index is 1.77. The smallest absolute Gasteiger partial charge is 0.396 e. The van der Waals surface area contributed by atoms with Crippen LogP contribution in [0.2, 0.25) is 0 Å². The van der Waals surface area contributed by atoms with Crippen molar-refractivity contribution in [2.45, 2.75) is 39.8 Å². The Kier molecular flexibility index (Phi) is 3.74. The third-order valence-corrected chi connectivity index (χ3v) is 3.33. The molecule has 116 valence electrons. The number of carbonyl (C=O) groups excluding carboxylic acids is 1. The van der Waals surface area contributed by atoms with Crippen LogP contribution in [0.3, 0.4) is 0 Å². The summed E-state index contributed by atoms with van der Waals surface area (Å²) < 4.78 is 10.2. The van der Waals surface area contributed by atoms with Crippen molar-refractivity contribution in [3.63, 3.8) is 0 Å². The molecular formula is C14H17N5O3. The largest absolute Gasteiger partial charge is 0.459 e. The monoisotopic (exact) mass is 303 g/mol. The van der Waals surface area contributed by atoms with E-state index < -0.39 is 5.97 Å². The lowest BCUT2D eigenvalue weighted by Gasteiger charge is -2.09. The van der Waals surface area contributed by atoms with Crippen molar-refractivity contribution in [1.29, 1.82) is 0 Å². The van der Waals surface area contributed by atoms with Crippen LogP contribution in [0.5, 0.6) is 0 Å². The molecule has 0 spiro atoms. The second-order valence-electron chi connectivity index (χ2n) is 5.32. The molecule has 8 heteroatoms. The van der Waals surface area contributed by atoms with Crippen LogP contribution < -0.4 is 4.90 Å². The van der Waals surface area contributed by atoms with Gasteiger partial charge in [0.25, 0.3) is 0 Å². The highest BCUT2D eigenvalue weighted by Gasteiger charge is 2.27. The van der Waals surface area contributed by atoms with Gasteiger partial charge in [-0.2, -0.15) is 0 Å². The minimum atomic E-state index is -0.611. The zero-order valence-electron chi connectivity index (χ0n) is 12.7. The van der Waals surface area contributed by atoms with Gasteiger partial charge in [0.2, 0.25) is 0 Å². The van der Waals surface area contributed by atoms with Crippen molar-refractivity contribution >= 4 is 12.0 Å². The maximum atomic E-state index is 11.6. The number of rotatable bonds is 4. The molecule has 0 fully saturated rings. The van der Waals surface area contributed by atoms with E-state index in [0.29, 0.717) is 13.1 Å². The molecule has 0 saturated carbocycles. The van der Waals surface area contributed by atoms with Gasteiger partial charge in [0.1, 0.15) is 5.82 Å². The van der Waals surface area contributed by atoms with Crippen LogP contribution >= 0.6 is 0 Å². The van der Waals surface area contributed by atoms with E-state index in [9.17, 15) is 4.79 Å². The Hall–Kier alpha value is -2.51. The molecule has 0 bridgehead atoms. The second-order valence-corrected chi connectivity index (χ2v) is 5.32. The molecule has 0 atom stereocenters. The molecule has 0 aliphatic carbocycles. The van der Waals surface area contributed by atoms with Crippen LogP contribution in [0.25, 0.3) is 0 Å². The Morgan fingerprint density at radius 3 is 2.95 bits per heavy atom. The number of aromatic nitrogens is 4. The first-order chi connectivity index (χ1) is 10.6. The maximum absolute atomic E-state index is 11.6. The van der Waals surface area contributed by atoms with Gasteiger partial charge in [0.05, 0.1) is 25.4 Å². The van der Waals surface area contributed by atoms with Crippen LogP contribution in [-0.2, 0) is 17.8 Å². The second kappa shape index (κ2) is 5.70. The summed E-state index contributed by atoms with van der Waals surface area (Å²) in [5.41, 5.74) is 1.98. The first-order valence-electron chi connectivity index (χ1n) is 7.18. The lowest BCUT2D eigenvalue weighted by Crippen LogP contribution is -2.15.